The minimum absolute atomic E-state index is 0.0621. The van der Waals surface area contributed by atoms with Crippen LogP contribution in [-0.4, -0.2) is 6.61 Å². The molecule has 34 heavy (non-hydrogen) atoms. The summed E-state index contributed by atoms with van der Waals surface area (Å²) < 4.78 is 60.7. The van der Waals surface area contributed by atoms with Crippen LogP contribution >= 0.6 is 0 Å². The first-order valence-corrected chi connectivity index (χ1v) is 10.2. The van der Waals surface area contributed by atoms with Gasteiger partial charge >= 0.3 is 0 Å². The first kappa shape index (κ1) is 22.7. The third kappa shape index (κ3) is 5.11. The Hall–Kier alpha value is -4.48. The zero-order chi connectivity index (χ0) is 24.1. The Morgan fingerprint density at radius 2 is 1.26 bits per heavy atom. The summed E-state index contributed by atoms with van der Waals surface area (Å²) in [6.45, 7) is 3.62. The molecule has 0 saturated carbocycles. The maximum absolute atomic E-state index is 14.2. The average molecular weight is 456 g/mol. The highest BCUT2D eigenvalue weighted by Crippen LogP contribution is 2.22. The Balaban J connectivity index is 1.51. The van der Waals surface area contributed by atoms with Crippen molar-refractivity contribution in [2.24, 2.45) is 0 Å². The summed E-state index contributed by atoms with van der Waals surface area (Å²) in [5, 5.41) is 0.747. The van der Waals surface area contributed by atoms with Gasteiger partial charge in [-0.3, -0.25) is 0 Å². The molecule has 166 valence electrons. The monoisotopic (exact) mass is 456 g/mol. The second kappa shape index (κ2) is 9.98. The van der Waals surface area contributed by atoms with E-state index in [0.717, 1.165) is 18.2 Å². The third-order valence-electron chi connectivity index (χ3n) is 4.86. The van der Waals surface area contributed by atoms with Gasteiger partial charge in [0.1, 0.15) is 24.0 Å². The van der Waals surface area contributed by atoms with Crippen molar-refractivity contribution in [1.29, 1.82) is 0 Å². The van der Waals surface area contributed by atoms with Crippen LogP contribution in [0.2, 0.25) is 0 Å². The van der Waals surface area contributed by atoms with E-state index in [0.29, 0.717) is 22.1 Å². The number of halogens is 4. The van der Waals surface area contributed by atoms with Crippen molar-refractivity contribution in [2.45, 2.75) is 0 Å². The van der Waals surface area contributed by atoms with E-state index >= 15 is 0 Å². The Kier molecular flexibility index (Phi) is 6.67. The predicted octanol–water partition coefficient (Wildman–Crippen LogP) is 6.76. The fourth-order valence-corrected chi connectivity index (χ4v) is 3.17. The van der Waals surface area contributed by atoms with Crippen molar-refractivity contribution < 1.29 is 22.3 Å². The first-order chi connectivity index (χ1) is 16.4. The highest BCUT2D eigenvalue weighted by atomic mass is 19.2. The molecule has 4 rings (SSSR count). The quantitative estimate of drug-likeness (QED) is 0.188. The van der Waals surface area contributed by atoms with E-state index in [1.54, 1.807) is 36.4 Å². The summed E-state index contributed by atoms with van der Waals surface area (Å²) in [7, 11) is 0. The second-order valence-electron chi connectivity index (χ2n) is 7.24. The average Bonchev–Trinajstić information content (AvgIpc) is 2.84. The molecule has 0 heterocycles. The van der Waals surface area contributed by atoms with Gasteiger partial charge in [0.2, 0.25) is 0 Å². The summed E-state index contributed by atoms with van der Waals surface area (Å²) in [6.07, 6.45) is 1.47. The summed E-state index contributed by atoms with van der Waals surface area (Å²) in [5.74, 6) is 7.87. The molecule has 0 saturated heterocycles. The van der Waals surface area contributed by atoms with Crippen molar-refractivity contribution in [3.63, 3.8) is 0 Å². The molecule has 0 fully saturated rings. The fraction of sp³-hybridized carbons (Fsp3) is 0.0345. The van der Waals surface area contributed by atoms with Gasteiger partial charge in [0.25, 0.3) is 0 Å². The molecule has 0 radical (unpaired) electrons. The van der Waals surface area contributed by atoms with Crippen LogP contribution < -0.4 is 4.74 Å². The number of benzene rings is 4. The molecule has 0 aliphatic rings. The van der Waals surface area contributed by atoms with Gasteiger partial charge < -0.3 is 4.74 Å². The number of hydrogen-bond donors (Lipinski definition) is 0. The van der Waals surface area contributed by atoms with E-state index < -0.39 is 23.3 Å². The van der Waals surface area contributed by atoms with Gasteiger partial charge in [0, 0.05) is 34.2 Å². The molecule has 0 N–H and O–H groups in total. The smallest absolute Gasteiger partial charge is 0.166 e. The van der Waals surface area contributed by atoms with Gasteiger partial charge in [-0.25, -0.2) is 17.6 Å². The zero-order valence-electron chi connectivity index (χ0n) is 17.8. The zero-order valence-corrected chi connectivity index (χ0v) is 17.8. The first-order valence-electron chi connectivity index (χ1n) is 10.2. The summed E-state index contributed by atoms with van der Waals surface area (Å²) in [5.41, 5.74) is 1.55. The Morgan fingerprint density at radius 3 is 1.91 bits per heavy atom. The Bertz CT molecular complexity index is 1490. The highest BCUT2D eigenvalue weighted by molar-refractivity contribution is 5.84. The Labute approximate surface area is 194 Å². The molecule has 4 aromatic rings. The minimum atomic E-state index is -0.894. The standard InChI is InChI=1S/C29H16F4O/c1-2-15-34-23-17-27(31)25(28(32)18-23)13-9-20-5-3-19(4-6-20)7-8-21-10-12-24-22(16-21)11-14-26(30)29(24)33/h2-6,10-12,14,16-18H,1,15H2. The Morgan fingerprint density at radius 1 is 0.676 bits per heavy atom. The minimum Gasteiger partial charge on any atom is -0.489 e. The lowest BCUT2D eigenvalue weighted by atomic mass is 10.1. The van der Waals surface area contributed by atoms with Crippen molar-refractivity contribution >= 4 is 10.8 Å². The molecule has 0 aliphatic heterocycles. The van der Waals surface area contributed by atoms with Crippen molar-refractivity contribution in [3.05, 3.63) is 125 Å². The summed E-state index contributed by atoms with van der Waals surface area (Å²) >= 11 is 0. The lowest BCUT2D eigenvalue weighted by Crippen LogP contribution is -1.97. The molecule has 0 aromatic heterocycles. The maximum Gasteiger partial charge on any atom is 0.166 e. The predicted molar refractivity (Wildman–Crippen MR) is 124 cm³/mol. The molecule has 5 heteroatoms. The molecule has 4 aromatic carbocycles. The number of fused-ring (bicyclic) bond motifs is 1. The molecular weight excluding hydrogens is 440 g/mol. The normalized spacial score (nSPS) is 10.1. The van der Waals surface area contributed by atoms with E-state index in [-0.39, 0.29) is 23.3 Å². The lowest BCUT2D eigenvalue weighted by Gasteiger charge is -2.05. The van der Waals surface area contributed by atoms with Crippen LogP contribution in [0, 0.1) is 47.0 Å². The SMILES string of the molecule is C=CCOc1cc(F)c(C#Cc2ccc(C#Cc3ccc4c(F)c(F)ccc4c3)cc2)c(F)c1. The van der Waals surface area contributed by atoms with E-state index in [2.05, 4.69) is 30.3 Å². The molecule has 0 aliphatic carbocycles. The summed E-state index contributed by atoms with van der Waals surface area (Å²) in [6, 6.07) is 16.4. The van der Waals surface area contributed by atoms with E-state index in [4.69, 9.17) is 4.74 Å². The van der Waals surface area contributed by atoms with Crippen LogP contribution in [0.4, 0.5) is 17.6 Å². The molecule has 0 atom stereocenters. The van der Waals surface area contributed by atoms with Gasteiger partial charge in [-0.05, 0) is 47.9 Å². The van der Waals surface area contributed by atoms with E-state index in [1.807, 2.05) is 0 Å². The molecular formula is C29H16F4O. The topological polar surface area (TPSA) is 9.23 Å². The molecule has 1 nitrogen and oxygen atoms in total. The van der Waals surface area contributed by atoms with Gasteiger partial charge in [-0.1, -0.05) is 48.5 Å². The second-order valence-corrected chi connectivity index (χ2v) is 7.24. The molecule has 0 amide bonds. The van der Waals surface area contributed by atoms with Crippen molar-refractivity contribution in [1.82, 2.24) is 0 Å². The maximum atomic E-state index is 14.2. The van der Waals surface area contributed by atoms with Gasteiger partial charge in [-0.2, -0.15) is 0 Å². The highest BCUT2D eigenvalue weighted by Gasteiger charge is 2.10. The van der Waals surface area contributed by atoms with Crippen LogP contribution in [0.5, 0.6) is 5.75 Å². The van der Waals surface area contributed by atoms with E-state index in [9.17, 15) is 17.6 Å². The van der Waals surface area contributed by atoms with Crippen molar-refractivity contribution in [2.75, 3.05) is 6.61 Å². The van der Waals surface area contributed by atoms with Crippen LogP contribution in [0.1, 0.15) is 22.3 Å². The fourth-order valence-electron chi connectivity index (χ4n) is 3.17. The van der Waals surface area contributed by atoms with Gasteiger partial charge in [-0.15, -0.1) is 0 Å². The molecule has 0 bridgehead atoms. The van der Waals surface area contributed by atoms with Crippen LogP contribution in [-0.2, 0) is 0 Å². The van der Waals surface area contributed by atoms with Crippen LogP contribution in [0.3, 0.4) is 0 Å². The van der Waals surface area contributed by atoms with Crippen LogP contribution in [0.15, 0.2) is 79.4 Å². The number of hydrogen-bond acceptors (Lipinski definition) is 1. The number of ether oxygens (including phenoxy) is 1. The van der Waals surface area contributed by atoms with E-state index in [1.165, 1.54) is 18.2 Å². The van der Waals surface area contributed by atoms with Gasteiger partial charge in [0.15, 0.2) is 11.6 Å². The van der Waals surface area contributed by atoms with Crippen LogP contribution in [0.25, 0.3) is 10.8 Å². The molecule has 0 spiro atoms. The van der Waals surface area contributed by atoms with Crippen molar-refractivity contribution in [3.8, 4) is 29.4 Å². The summed E-state index contributed by atoms with van der Waals surface area (Å²) in [4.78, 5) is 0. The third-order valence-corrected chi connectivity index (χ3v) is 4.86. The largest absolute Gasteiger partial charge is 0.489 e. The lowest BCUT2D eigenvalue weighted by molar-refractivity contribution is 0.358. The molecule has 0 unspecified atom stereocenters. The number of rotatable bonds is 3. The van der Waals surface area contributed by atoms with Gasteiger partial charge in [0.05, 0.1) is 5.56 Å².